The second-order valence-electron chi connectivity index (χ2n) is 6.40. The molecule has 0 aliphatic rings. The fourth-order valence-corrected chi connectivity index (χ4v) is 3.19. The highest BCUT2D eigenvalue weighted by atomic mass is 14.9. The Kier molecular flexibility index (Phi) is 6.06. The van der Waals surface area contributed by atoms with E-state index in [9.17, 15) is 0 Å². The molecule has 0 aromatic heterocycles. The molecule has 1 atom stereocenters. The molecule has 108 valence electrons. The highest BCUT2D eigenvalue weighted by molar-refractivity contribution is 5.38. The van der Waals surface area contributed by atoms with Crippen LogP contribution >= 0.6 is 0 Å². The first-order valence-electron chi connectivity index (χ1n) is 7.69. The highest BCUT2D eigenvalue weighted by Crippen LogP contribution is 2.31. The average molecular weight is 261 g/mol. The maximum absolute atomic E-state index is 3.54. The average Bonchev–Trinajstić information content (AvgIpc) is 2.32. The Hall–Kier alpha value is -0.820. The van der Waals surface area contributed by atoms with E-state index in [1.54, 1.807) is 5.56 Å². The van der Waals surface area contributed by atoms with Crippen LogP contribution in [0.3, 0.4) is 0 Å². The van der Waals surface area contributed by atoms with Gasteiger partial charge in [-0.3, -0.25) is 0 Å². The van der Waals surface area contributed by atoms with Gasteiger partial charge in [0.25, 0.3) is 0 Å². The van der Waals surface area contributed by atoms with Crippen LogP contribution < -0.4 is 5.32 Å². The maximum Gasteiger partial charge on any atom is 0.000823 e. The first-order valence-corrected chi connectivity index (χ1v) is 7.69. The van der Waals surface area contributed by atoms with Gasteiger partial charge in [0.2, 0.25) is 0 Å². The highest BCUT2D eigenvalue weighted by Gasteiger charge is 2.24. The van der Waals surface area contributed by atoms with Crippen LogP contribution in [0.25, 0.3) is 0 Å². The molecule has 0 heterocycles. The third kappa shape index (κ3) is 4.65. The SMILES string of the molecule is CCCC(C)(CNCC)Cc1c(C)cc(C)cc1C. The number of rotatable bonds is 7. The van der Waals surface area contributed by atoms with Crippen LogP contribution in [0.5, 0.6) is 0 Å². The van der Waals surface area contributed by atoms with Crippen LogP contribution in [0, 0.1) is 26.2 Å². The molecule has 0 fully saturated rings. The molecule has 1 nitrogen and oxygen atoms in total. The largest absolute Gasteiger partial charge is 0.316 e. The molecule has 0 saturated heterocycles. The maximum atomic E-state index is 3.54. The lowest BCUT2D eigenvalue weighted by atomic mass is 9.77. The smallest absolute Gasteiger partial charge is 0.000823 e. The van der Waals surface area contributed by atoms with E-state index in [0.29, 0.717) is 5.41 Å². The standard InChI is InChI=1S/C18H31N/c1-7-9-18(6,13-19-8-2)12-17-15(4)10-14(3)11-16(17)5/h10-11,19H,7-9,12-13H2,1-6H3. The molecule has 0 amide bonds. The molecular formula is C18H31N. The van der Waals surface area contributed by atoms with Crippen LogP contribution in [0.2, 0.25) is 0 Å². The van der Waals surface area contributed by atoms with Gasteiger partial charge in [-0.2, -0.15) is 0 Å². The topological polar surface area (TPSA) is 12.0 Å². The van der Waals surface area contributed by atoms with Gasteiger partial charge < -0.3 is 5.32 Å². The lowest BCUT2D eigenvalue weighted by molar-refractivity contribution is 0.276. The van der Waals surface area contributed by atoms with Crippen LogP contribution in [-0.2, 0) is 6.42 Å². The zero-order chi connectivity index (χ0) is 14.5. The summed E-state index contributed by atoms with van der Waals surface area (Å²) in [5, 5.41) is 3.54. The van der Waals surface area contributed by atoms with Crippen LogP contribution in [0.15, 0.2) is 12.1 Å². The van der Waals surface area contributed by atoms with Crippen LogP contribution in [0.1, 0.15) is 55.9 Å². The molecule has 19 heavy (non-hydrogen) atoms. The molecule has 0 aliphatic heterocycles. The summed E-state index contributed by atoms with van der Waals surface area (Å²) in [7, 11) is 0. The minimum absolute atomic E-state index is 0.371. The molecule has 1 aromatic carbocycles. The predicted molar refractivity (Wildman–Crippen MR) is 85.9 cm³/mol. The lowest BCUT2D eigenvalue weighted by Gasteiger charge is -2.31. The van der Waals surface area contributed by atoms with Crippen molar-refractivity contribution in [2.75, 3.05) is 13.1 Å². The van der Waals surface area contributed by atoms with E-state index in [4.69, 9.17) is 0 Å². The molecule has 1 N–H and O–H groups in total. The van der Waals surface area contributed by atoms with Gasteiger partial charge in [-0.1, -0.05) is 44.9 Å². The van der Waals surface area contributed by atoms with Gasteiger partial charge in [0, 0.05) is 6.54 Å². The summed E-state index contributed by atoms with van der Waals surface area (Å²) in [4.78, 5) is 0. The number of benzene rings is 1. The Labute approximate surface area is 119 Å². The van der Waals surface area contributed by atoms with Gasteiger partial charge in [0.1, 0.15) is 0 Å². The molecule has 0 saturated carbocycles. The minimum Gasteiger partial charge on any atom is -0.316 e. The summed E-state index contributed by atoms with van der Waals surface area (Å²) in [6, 6.07) is 4.64. The first-order chi connectivity index (χ1) is 8.91. The van der Waals surface area contributed by atoms with Gasteiger partial charge in [-0.25, -0.2) is 0 Å². The van der Waals surface area contributed by atoms with E-state index < -0.39 is 0 Å². The summed E-state index contributed by atoms with van der Waals surface area (Å²) in [6.45, 7) is 15.8. The summed E-state index contributed by atoms with van der Waals surface area (Å²) >= 11 is 0. The summed E-state index contributed by atoms with van der Waals surface area (Å²) in [5.74, 6) is 0. The number of hydrogen-bond acceptors (Lipinski definition) is 1. The zero-order valence-corrected chi connectivity index (χ0v) is 13.7. The minimum atomic E-state index is 0.371. The molecule has 1 rings (SSSR count). The van der Waals surface area contributed by atoms with Crippen molar-refractivity contribution < 1.29 is 0 Å². The van der Waals surface area contributed by atoms with Crippen molar-refractivity contribution >= 4 is 0 Å². The van der Waals surface area contributed by atoms with Crippen molar-refractivity contribution in [2.45, 2.75) is 60.8 Å². The predicted octanol–water partition coefficient (Wildman–Crippen LogP) is 4.57. The Balaban J connectivity index is 2.96. The van der Waals surface area contributed by atoms with Crippen molar-refractivity contribution in [3.8, 4) is 0 Å². The first kappa shape index (κ1) is 16.2. The van der Waals surface area contributed by atoms with Crippen molar-refractivity contribution in [3.05, 3.63) is 34.4 Å². The normalized spacial score (nSPS) is 14.4. The zero-order valence-electron chi connectivity index (χ0n) is 13.7. The van der Waals surface area contributed by atoms with E-state index in [1.807, 2.05) is 0 Å². The quantitative estimate of drug-likeness (QED) is 0.758. The Bertz CT molecular complexity index is 385. The molecule has 0 spiro atoms. The molecule has 0 radical (unpaired) electrons. The second-order valence-corrected chi connectivity index (χ2v) is 6.40. The van der Waals surface area contributed by atoms with Crippen LogP contribution in [-0.4, -0.2) is 13.1 Å². The number of aryl methyl sites for hydroxylation is 3. The Morgan fingerprint density at radius 3 is 2.11 bits per heavy atom. The van der Waals surface area contributed by atoms with Crippen molar-refractivity contribution in [1.29, 1.82) is 0 Å². The molecule has 0 bridgehead atoms. The molecule has 1 heteroatoms. The van der Waals surface area contributed by atoms with Crippen molar-refractivity contribution in [2.24, 2.45) is 5.41 Å². The molecule has 0 aliphatic carbocycles. The van der Waals surface area contributed by atoms with E-state index in [1.165, 1.54) is 36.0 Å². The van der Waals surface area contributed by atoms with Crippen molar-refractivity contribution in [3.63, 3.8) is 0 Å². The van der Waals surface area contributed by atoms with Gasteiger partial charge in [-0.05, 0) is 62.3 Å². The van der Waals surface area contributed by atoms with E-state index >= 15 is 0 Å². The van der Waals surface area contributed by atoms with Gasteiger partial charge in [0.15, 0.2) is 0 Å². The van der Waals surface area contributed by atoms with Crippen molar-refractivity contribution in [1.82, 2.24) is 5.32 Å². The van der Waals surface area contributed by atoms with E-state index in [0.717, 1.165) is 13.1 Å². The van der Waals surface area contributed by atoms with Gasteiger partial charge in [-0.15, -0.1) is 0 Å². The third-order valence-corrected chi connectivity index (χ3v) is 4.10. The Morgan fingerprint density at radius 2 is 1.63 bits per heavy atom. The molecule has 1 unspecified atom stereocenters. The molecular weight excluding hydrogens is 230 g/mol. The molecule has 1 aromatic rings. The van der Waals surface area contributed by atoms with E-state index in [-0.39, 0.29) is 0 Å². The van der Waals surface area contributed by atoms with Crippen LogP contribution in [0.4, 0.5) is 0 Å². The van der Waals surface area contributed by atoms with Gasteiger partial charge in [0.05, 0.1) is 0 Å². The fraction of sp³-hybridized carbons (Fsp3) is 0.667. The lowest BCUT2D eigenvalue weighted by Crippen LogP contribution is -2.34. The monoisotopic (exact) mass is 261 g/mol. The summed E-state index contributed by atoms with van der Waals surface area (Å²) in [6.07, 6.45) is 3.73. The fourth-order valence-electron chi connectivity index (χ4n) is 3.19. The number of nitrogens with one attached hydrogen (secondary N) is 1. The summed E-state index contributed by atoms with van der Waals surface area (Å²) in [5.41, 5.74) is 6.21. The Morgan fingerprint density at radius 1 is 1.05 bits per heavy atom. The second kappa shape index (κ2) is 7.09. The van der Waals surface area contributed by atoms with E-state index in [2.05, 4.69) is 59.0 Å². The van der Waals surface area contributed by atoms with Gasteiger partial charge >= 0.3 is 0 Å². The number of hydrogen-bond donors (Lipinski definition) is 1. The third-order valence-electron chi connectivity index (χ3n) is 4.10. The summed E-state index contributed by atoms with van der Waals surface area (Å²) < 4.78 is 0.